The van der Waals surface area contributed by atoms with Crippen molar-refractivity contribution >= 4 is 22.9 Å². The SMILES string of the molecule is O=[N+]([O-])c1cc(-c2cn3ccccc3n2)ccc1Cl. The summed E-state index contributed by atoms with van der Waals surface area (Å²) in [5.41, 5.74) is 2.01. The molecule has 0 spiro atoms. The molecule has 2 aromatic heterocycles. The number of nitro benzene ring substituents is 1. The highest BCUT2D eigenvalue weighted by Gasteiger charge is 2.14. The Morgan fingerprint density at radius 2 is 2.11 bits per heavy atom. The molecule has 2 heterocycles. The van der Waals surface area contributed by atoms with E-state index in [2.05, 4.69) is 4.98 Å². The van der Waals surface area contributed by atoms with Gasteiger partial charge in [0.1, 0.15) is 10.7 Å². The van der Waals surface area contributed by atoms with Gasteiger partial charge in [0, 0.05) is 24.0 Å². The van der Waals surface area contributed by atoms with Gasteiger partial charge < -0.3 is 4.40 Å². The highest BCUT2D eigenvalue weighted by atomic mass is 35.5. The third-order valence-corrected chi connectivity index (χ3v) is 3.12. The summed E-state index contributed by atoms with van der Waals surface area (Å²) in [5, 5.41) is 11.0. The third kappa shape index (κ3) is 2.04. The van der Waals surface area contributed by atoms with Crippen LogP contribution in [-0.2, 0) is 0 Å². The molecule has 0 aliphatic rings. The molecule has 0 atom stereocenters. The highest BCUT2D eigenvalue weighted by Crippen LogP contribution is 2.29. The zero-order chi connectivity index (χ0) is 13.4. The standard InChI is InChI=1S/C13H8ClN3O2/c14-10-5-4-9(7-12(10)17(18)19)11-8-16-6-2-1-3-13(16)15-11/h1-8H. The molecule has 3 rings (SSSR count). The highest BCUT2D eigenvalue weighted by molar-refractivity contribution is 6.32. The van der Waals surface area contributed by atoms with E-state index < -0.39 is 4.92 Å². The minimum atomic E-state index is -0.498. The molecule has 0 fully saturated rings. The largest absolute Gasteiger partial charge is 0.306 e. The van der Waals surface area contributed by atoms with Gasteiger partial charge in [0.05, 0.1) is 10.6 Å². The lowest BCUT2D eigenvalue weighted by Gasteiger charge is -1.98. The molecule has 0 bridgehead atoms. The number of fused-ring (bicyclic) bond motifs is 1. The molecular formula is C13H8ClN3O2. The summed E-state index contributed by atoms with van der Waals surface area (Å²) in [6.07, 6.45) is 3.69. The van der Waals surface area contributed by atoms with E-state index in [-0.39, 0.29) is 10.7 Å². The fourth-order valence-corrected chi connectivity index (χ4v) is 2.07. The van der Waals surface area contributed by atoms with E-state index in [0.717, 1.165) is 5.65 Å². The molecule has 0 N–H and O–H groups in total. The van der Waals surface area contributed by atoms with E-state index in [1.165, 1.54) is 12.1 Å². The first-order chi connectivity index (χ1) is 9.15. The van der Waals surface area contributed by atoms with Crippen LogP contribution >= 0.6 is 11.6 Å². The fraction of sp³-hybridized carbons (Fsp3) is 0. The second-order valence-electron chi connectivity index (χ2n) is 4.02. The van der Waals surface area contributed by atoms with E-state index in [1.807, 2.05) is 35.0 Å². The maximum Gasteiger partial charge on any atom is 0.288 e. The Labute approximate surface area is 113 Å². The maximum atomic E-state index is 10.9. The minimum Gasteiger partial charge on any atom is -0.306 e. The first-order valence-corrected chi connectivity index (χ1v) is 5.91. The van der Waals surface area contributed by atoms with Gasteiger partial charge in [-0.2, -0.15) is 0 Å². The summed E-state index contributed by atoms with van der Waals surface area (Å²) in [4.78, 5) is 14.8. The predicted octanol–water partition coefficient (Wildman–Crippen LogP) is 3.56. The Balaban J connectivity index is 2.16. The van der Waals surface area contributed by atoms with Crippen LogP contribution in [0.1, 0.15) is 0 Å². The molecule has 19 heavy (non-hydrogen) atoms. The van der Waals surface area contributed by atoms with Crippen LogP contribution < -0.4 is 0 Å². The van der Waals surface area contributed by atoms with Crippen LogP contribution in [0.15, 0.2) is 48.8 Å². The number of benzene rings is 1. The number of aromatic nitrogens is 2. The molecule has 0 aliphatic heterocycles. The molecule has 0 aliphatic carbocycles. The third-order valence-electron chi connectivity index (χ3n) is 2.80. The summed E-state index contributed by atoms with van der Waals surface area (Å²) in [6, 6.07) is 10.3. The number of halogens is 1. The van der Waals surface area contributed by atoms with Crippen molar-refractivity contribution in [3.8, 4) is 11.3 Å². The molecule has 0 amide bonds. The number of rotatable bonds is 2. The fourth-order valence-electron chi connectivity index (χ4n) is 1.89. The molecule has 0 saturated carbocycles. The second kappa shape index (κ2) is 4.37. The van der Waals surface area contributed by atoms with E-state index in [1.54, 1.807) is 6.07 Å². The van der Waals surface area contributed by atoms with Crippen molar-refractivity contribution in [3.05, 3.63) is 63.9 Å². The predicted molar refractivity (Wildman–Crippen MR) is 72.3 cm³/mol. The Kier molecular flexibility index (Phi) is 2.68. The van der Waals surface area contributed by atoms with E-state index in [9.17, 15) is 10.1 Å². The van der Waals surface area contributed by atoms with Gasteiger partial charge in [-0.15, -0.1) is 0 Å². The Morgan fingerprint density at radius 1 is 1.26 bits per heavy atom. The summed E-state index contributed by atoms with van der Waals surface area (Å²) in [6.45, 7) is 0. The van der Waals surface area contributed by atoms with E-state index in [0.29, 0.717) is 11.3 Å². The molecule has 0 unspecified atom stereocenters. The first-order valence-electron chi connectivity index (χ1n) is 5.53. The molecule has 5 nitrogen and oxygen atoms in total. The van der Waals surface area contributed by atoms with Crippen LogP contribution in [0.5, 0.6) is 0 Å². The lowest BCUT2D eigenvalue weighted by molar-refractivity contribution is -0.384. The maximum absolute atomic E-state index is 10.9. The Bertz CT molecular complexity index is 749. The molecule has 6 heteroatoms. The molecule has 3 aromatic rings. The number of nitro groups is 1. The van der Waals surface area contributed by atoms with Crippen LogP contribution in [0.2, 0.25) is 5.02 Å². The molecule has 0 radical (unpaired) electrons. The van der Waals surface area contributed by atoms with Crippen LogP contribution in [0.4, 0.5) is 5.69 Å². The van der Waals surface area contributed by atoms with Gasteiger partial charge in [-0.3, -0.25) is 10.1 Å². The zero-order valence-corrected chi connectivity index (χ0v) is 10.4. The second-order valence-corrected chi connectivity index (χ2v) is 4.42. The number of hydrogen-bond acceptors (Lipinski definition) is 3. The number of hydrogen-bond donors (Lipinski definition) is 0. The van der Waals surface area contributed by atoms with Crippen molar-refractivity contribution in [2.45, 2.75) is 0 Å². The Morgan fingerprint density at radius 3 is 2.84 bits per heavy atom. The van der Waals surface area contributed by atoms with Crippen molar-refractivity contribution in [2.75, 3.05) is 0 Å². The van der Waals surface area contributed by atoms with Gasteiger partial charge in [-0.05, 0) is 18.2 Å². The topological polar surface area (TPSA) is 60.4 Å². The van der Waals surface area contributed by atoms with Crippen molar-refractivity contribution in [1.82, 2.24) is 9.38 Å². The van der Waals surface area contributed by atoms with Crippen molar-refractivity contribution < 1.29 is 4.92 Å². The molecule has 94 valence electrons. The average molecular weight is 274 g/mol. The normalized spacial score (nSPS) is 10.8. The lowest BCUT2D eigenvalue weighted by Crippen LogP contribution is -1.89. The molecular weight excluding hydrogens is 266 g/mol. The summed E-state index contributed by atoms with van der Waals surface area (Å²) >= 11 is 5.79. The van der Waals surface area contributed by atoms with Gasteiger partial charge in [0.25, 0.3) is 5.69 Å². The monoisotopic (exact) mass is 273 g/mol. The zero-order valence-electron chi connectivity index (χ0n) is 9.65. The van der Waals surface area contributed by atoms with E-state index in [4.69, 9.17) is 11.6 Å². The number of imidazole rings is 1. The summed E-state index contributed by atoms with van der Waals surface area (Å²) in [7, 11) is 0. The van der Waals surface area contributed by atoms with Crippen LogP contribution in [0.25, 0.3) is 16.9 Å². The van der Waals surface area contributed by atoms with Crippen molar-refractivity contribution in [2.24, 2.45) is 0 Å². The molecule has 1 aromatic carbocycles. The van der Waals surface area contributed by atoms with Gasteiger partial charge in [0.2, 0.25) is 0 Å². The van der Waals surface area contributed by atoms with Gasteiger partial charge in [-0.25, -0.2) is 4.98 Å². The minimum absolute atomic E-state index is 0.115. The van der Waals surface area contributed by atoms with Crippen LogP contribution in [0, 0.1) is 10.1 Å². The summed E-state index contributed by atoms with van der Waals surface area (Å²) < 4.78 is 1.86. The summed E-state index contributed by atoms with van der Waals surface area (Å²) in [5.74, 6) is 0. The van der Waals surface area contributed by atoms with Gasteiger partial charge in [0.15, 0.2) is 0 Å². The quantitative estimate of drug-likeness (QED) is 0.530. The number of pyridine rings is 1. The molecule has 0 saturated heterocycles. The van der Waals surface area contributed by atoms with Crippen LogP contribution in [0.3, 0.4) is 0 Å². The van der Waals surface area contributed by atoms with E-state index >= 15 is 0 Å². The van der Waals surface area contributed by atoms with Gasteiger partial charge in [-0.1, -0.05) is 23.7 Å². The lowest BCUT2D eigenvalue weighted by atomic mass is 10.1. The van der Waals surface area contributed by atoms with Gasteiger partial charge >= 0.3 is 0 Å². The van der Waals surface area contributed by atoms with Crippen molar-refractivity contribution in [3.63, 3.8) is 0 Å². The van der Waals surface area contributed by atoms with Crippen LogP contribution in [-0.4, -0.2) is 14.3 Å². The smallest absolute Gasteiger partial charge is 0.288 e. The first kappa shape index (κ1) is 11.7. The Hall–Kier alpha value is -2.40. The number of nitrogens with zero attached hydrogens (tertiary/aromatic N) is 3. The average Bonchev–Trinajstić information content (AvgIpc) is 2.82. The van der Waals surface area contributed by atoms with Crippen molar-refractivity contribution in [1.29, 1.82) is 0 Å².